The third-order valence-corrected chi connectivity index (χ3v) is 2.32. The minimum Gasteiger partial charge on any atom is -0.437 e. The summed E-state index contributed by atoms with van der Waals surface area (Å²) in [5, 5.41) is 0.580. The topological polar surface area (TPSA) is 48.1 Å². The third kappa shape index (κ3) is 2.44. The van der Waals surface area contributed by atoms with Crippen LogP contribution >= 0.6 is 11.6 Å². The smallest absolute Gasteiger partial charge is 0.219 e. The second-order valence-corrected chi connectivity index (χ2v) is 3.89. The number of halogens is 1. The van der Waals surface area contributed by atoms with E-state index in [4.69, 9.17) is 22.1 Å². The zero-order chi connectivity index (χ0) is 11.5. The van der Waals surface area contributed by atoms with Crippen LogP contribution in [0.2, 0.25) is 5.02 Å². The molecule has 0 aliphatic carbocycles. The predicted molar refractivity (Wildman–Crippen MR) is 64.9 cm³/mol. The number of benzene rings is 1. The first-order chi connectivity index (χ1) is 7.65. The Bertz CT molecular complexity index is 514. The van der Waals surface area contributed by atoms with Crippen LogP contribution in [-0.4, -0.2) is 4.98 Å². The molecule has 2 rings (SSSR count). The van der Waals surface area contributed by atoms with E-state index in [9.17, 15) is 0 Å². The lowest BCUT2D eigenvalue weighted by atomic mass is 10.3. The highest BCUT2D eigenvalue weighted by atomic mass is 35.5. The van der Waals surface area contributed by atoms with Crippen LogP contribution in [0.3, 0.4) is 0 Å². The Balaban J connectivity index is 2.30. The van der Waals surface area contributed by atoms with Crippen LogP contribution in [-0.2, 0) is 0 Å². The summed E-state index contributed by atoms with van der Waals surface area (Å²) in [5.74, 6) is 1.03. The molecule has 0 atom stereocenters. The van der Waals surface area contributed by atoms with Gasteiger partial charge in [-0.25, -0.2) is 4.98 Å². The minimum atomic E-state index is 0.508. The van der Waals surface area contributed by atoms with E-state index in [0.29, 0.717) is 22.3 Å². The van der Waals surface area contributed by atoms with E-state index >= 15 is 0 Å². The Hall–Kier alpha value is -1.74. The van der Waals surface area contributed by atoms with E-state index in [0.717, 1.165) is 5.56 Å². The second kappa shape index (κ2) is 4.41. The second-order valence-electron chi connectivity index (χ2n) is 3.46. The molecule has 1 aromatic carbocycles. The average molecular weight is 235 g/mol. The number of pyridine rings is 1. The SMILES string of the molecule is Cc1ccnc(Oc2cc(Cl)ccc2N)c1. The van der Waals surface area contributed by atoms with Crippen LogP contribution < -0.4 is 10.5 Å². The van der Waals surface area contributed by atoms with Crippen LogP contribution in [0, 0.1) is 6.92 Å². The van der Waals surface area contributed by atoms with Crippen molar-refractivity contribution in [3.05, 3.63) is 47.1 Å². The predicted octanol–water partition coefficient (Wildman–Crippen LogP) is 3.42. The van der Waals surface area contributed by atoms with Gasteiger partial charge >= 0.3 is 0 Å². The Morgan fingerprint density at radius 2 is 2.06 bits per heavy atom. The van der Waals surface area contributed by atoms with Crippen molar-refractivity contribution in [2.45, 2.75) is 6.92 Å². The number of rotatable bonds is 2. The quantitative estimate of drug-likeness (QED) is 0.810. The van der Waals surface area contributed by atoms with E-state index in [1.807, 2.05) is 19.1 Å². The lowest BCUT2D eigenvalue weighted by Crippen LogP contribution is -1.93. The number of nitrogens with zero attached hydrogens (tertiary/aromatic N) is 1. The van der Waals surface area contributed by atoms with Gasteiger partial charge in [-0.3, -0.25) is 0 Å². The summed E-state index contributed by atoms with van der Waals surface area (Å²) in [6, 6.07) is 8.82. The number of aromatic nitrogens is 1. The molecule has 0 fully saturated rings. The fourth-order valence-corrected chi connectivity index (χ4v) is 1.44. The lowest BCUT2D eigenvalue weighted by molar-refractivity contribution is 0.465. The van der Waals surface area contributed by atoms with E-state index in [2.05, 4.69) is 4.98 Å². The molecule has 3 nitrogen and oxygen atoms in total. The maximum absolute atomic E-state index is 5.86. The third-order valence-electron chi connectivity index (χ3n) is 2.08. The molecule has 0 aliphatic rings. The summed E-state index contributed by atoms with van der Waals surface area (Å²) in [6.07, 6.45) is 1.69. The first-order valence-corrected chi connectivity index (χ1v) is 5.18. The Kier molecular flexibility index (Phi) is 2.97. The molecule has 0 spiro atoms. The Morgan fingerprint density at radius 1 is 1.25 bits per heavy atom. The first-order valence-electron chi connectivity index (χ1n) is 4.81. The largest absolute Gasteiger partial charge is 0.437 e. The fraction of sp³-hybridized carbons (Fsp3) is 0.0833. The van der Waals surface area contributed by atoms with Crippen molar-refractivity contribution in [2.75, 3.05) is 5.73 Å². The van der Waals surface area contributed by atoms with Crippen LogP contribution in [0.5, 0.6) is 11.6 Å². The first kappa shape index (κ1) is 10.8. The monoisotopic (exact) mass is 234 g/mol. The van der Waals surface area contributed by atoms with Crippen LogP contribution in [0.4, 0.5) is 5.69 Å². The molecular formula is C12H11ClN2O. The van der Waals surface area contributed by atoms with E-state index in [1.165, 1.54) is 0 Å². The van der Waals surface area contributed by atoms with Gasteiger partial charge < -0.3 is 10.5 Å². The van der Waals surface area contributed by atoms with E-state index < -0.39 is 0 Å². The normalized spacial score (nSPS) is 10.1. The summed E-state index contributed by atoms with van der Waals surface area (Å²) in [5.41, 5.74) is 7.37. The van der Waals surface area contributed by atoms with E-state index in [1.54, 1.807) is 24.4 Å². The highest BCUT2D eigenvalue weighted by Gasteiger charge is 2.04. The van der Waals surface area contributed by atoms with Gasteiger partial charge in [-0.15, -0.1) is 0 Å². The summed E-state index contributed by atoms with van der Waals surface area (Å²) in [7, 11) is 0. The van der Waals surface area contributed by atoms with Gasteiger partial charge in [-0.2, -0.15) is 0 Å². The molecule has 0 aliphatic heterocycles. The molecular weight excluding hydrogens is 224 g/mol. The molecule has 0 saturated heterocycles. The molecule has 1 aromatic heterocycles. The molecule has 2 N–H and O–H groups in total. The molecule has 16 heavy (non-hydrogen) atoms. The zero-order valence-corrected chi connectivity index (χ0v) is 9.53. The minimum absolute atomic E-state index is 0.508. The maximum Gasteiger partial charge on any atom is 0.219 e. The number of nitrogens with two attached hydrogens (primary N) is 1. The molecule has 2 aromatic rings. The molecule has 82 valence electrons. The van der Waals surface area contributed by atoms with Gasteiger partial charge in [-0.1, -0.05) is 11.6 Å². The zero-order valence-electron chi connectivity index (χ0n) is 8.77. The summed E-state index contributed by atoms with van der Waals surface area (Å²) in [4.78, 5) is 4.08. The Morgan fingerprint density at radius 3 is 2.81 bits per heavy atom. The fourth-order valence-electron chi connectivity index (χ4n) is 1.27. The summed E-state index contributed by atoms with van der Waals surface area (Å²) < 4.78 is 5.55. The van der Waals surface area contributed by atoms with Gasteiger partial charge in [0.05, 0.1) is 5.69 Å². The average Bonchev–Trinajstić information content (AvgIpc) is 2.24. The van der Waals surface area contributed by atoms with Crippen molar-refractivity contribution in [1.82, 2.24) is 4.98 Å². The molecule has 0 unspecified atom stereocenters. The van der Waals surface area contributed by atoms with Gasteiger partial charge in [0.25, 0.3) is 0 Å². The van der Waals surface area contributed by atoms with Gasteiger partial charge in [0.1, 0.15) is 0 Å². The molecule has 4 heteroatoms. The molecule has 0 radical (unpaired) electrons. The standard InChI is InChI=1S/C12H11ClN2O/c1-8-4-5-15-12(6-8)16-11-7-9(13)2-3-10(11)14/h2-7H,14H2,1H3. The van der Waals surface area contributed by atoms with Gasteiger partial charge in [0.15, 0.2) is 5.75 Å². The van der Waals surface area contributed by atoms with Crippen molar-refractivity contribution in [3.8, 4) is 11.6 Å². The number of anilines is 1. The molecule has 0 amide bonds. The number of ether oxygens (including phenoxy) is 1. The van der Waals surface area contributed by atoms with Gasteiger partial charge in [0, 0.05) is 23.4 Å². The van der Waals surface area contributed by atoms with Gasteiger partial charge in [-0.05, 0) is 30.7 Å². The lowest BCUT2D eigenvalue weighted by Gasteiger charge is -2.08. The summed E-state index contributed by atoms with van der Waals surface area (Å²) >= 11 is 5.86. The van der Waals surface area contributed by atoms with Crippen molar-refractivity contribution >= 4 is 17.3 Å². The highest BCUT2D eigenvalue weighted by Crippen LogP contribution is 2.29. The number of aryl methyl sites for hydroxylation is 1. The highest BCUT2D eigenvalue weighted by molar-refractivity contribution is 6.30. The molecule has 0 bridgehead atoms. The van der Waals surface area contributed by atoms with Crippen LogP contribution in [0.25, 0.3) is 0 Å². The summed E-state index contributed by atoms with van der Waals surface area (Å²) in [6.45, 7) is 1.97. The van der Waals surface area contributed by atoms with Crippen LogP contribution in [0.1, 0.15) is 5.56 Å². The van der Waals surface area contributed by atoms with Crippen molar-refractivity contribution in [2.24, 2.45) is 0 Å². The molecule has 1 heterocycles. The van der Waals surface area contributed by atoms with Crippen molar-refractivity contribution in [3.63, 3.8) is 0 Å². The number of hydrogen-bond donors (Lipinski definition) is 1. The van der Waals surface area contributed by atoms with E-state index in [-0.39, 0.29) is 0 Å². The Labute approximate surface area is 98.8 Å². The van der Waals surface area contributed by atoms with Crippen LogP contribution in [0.15, 0.2) is 36.5 Å². The number of hydrogen-bond acceptors (Lipinski definition) is 3. The maximum atomic E-state index is 5.86. The van der Waals surface area contributed by atoms with Gasteiger partial charge in [0.2, 0.25) is 5.88 Å². The number of nitrogen functional groups attached to an aromatic ring is 1. The van der Waals surface area contributed by atoms with Crippen molar-refractivity contribution < 1.29 is 4.74 Å². The van der Waals surface area contributed by atoms with Crippen molar-refractivity contribution in [1.29, 1.82) is 0 Å². The molecule has 0 saturated carbocycles.